The van der Waals surface area contributed by atoms with Gasteiger partial charge in [0.25, 0.3) is 5.69 Å². The van der Waals surface area contributed by atoms with Gasteiger partial charge in [-0.15, -0.1) is 12.3 Å². The first-order valence-electron chi connectivity index (χ1n) is 5.05. The Morgan fingerprint density at radius 1 is 1.53 bits per heavy atom. The minimum Gasteiger partial charge on any atom is -0.385 e. The number of hydrogen-bond donors (Lipinski definition) is 1. The lowest BCUT2D eigenvalue weighted by atomic mass is 10.1. The number of nitro groups is 1. The summed E-state index contributed by atoms with van der Waals surface area (Å²) >= 11 is 0. The maximum absolute atomic E-state index is 10.6. The van der Waals surface area contributed by atoms with Crippen LogP contribution in [0.5, 0.6) is 0 Å². The SMILES string of the molecule is C#CCCCNc1ccc([N+](=O)[O-])c(C#N)c1. The molecule has 1 N–H and O–H groups in total. The molecule has 0 bridgehead atoms. The van der Waals surface area contributed by atoms with Gasteiger partial charge >= 0.3 is 0 Å². The van der Waals surface area contributed by atoms with Crippen LogP contribution in [0.3, 0.4) is 0 Å². The molecular formula is C12H11N3O2. The van der Waals surface area contributed by atoms with Gasteiger partial charge in [-0.3, -0.25) is 10.1 Å². The fraction of sp³-hybridized carbons (Fsp3) is 0.250. The number of nitriles is 1. The van der Waals surface area contributed by atoms with E-state index in [4.69, 9.17) is 11.7 Å². The van der Waals surface area contributed by atoms with Gasteiger partial charge in [0.15, 0.2) is 0 Å². The van der Waals surface area contributed by atoms with Crippen LogP contribution in [0.25, 0.3) is 0 Å². The molecule has 0 heterocycles. The summed E-state index contributed by atoms with van der Waals surface area (Å²) in [4.78, 5) is 10.0. The monoisotopic (exact) mass is 229 g/mol. The first-order valence-corrected chi connectivity index (χ1v) is 5.05. The summed E-state index contributed by atoms with van der Waals surface area (Å²) in [6.07, 6.45) is 6.60. The summed E-state index contributed by atoms with van der Waals surface area (Å²) in [5.74, 6) is 2.52. The Bertz CT molecular complexity index is 497. The van der Waals surface area contributed by atoms with E-state index in [9.17, 15) is 10.1 Å². The van der Waals surface area contributed by atoms with Crippen LogP contribution < -0.4 is 5.32 Å². The Morgan fingerprint density at radius 3 is 2.88 bits per heavy atom. The van der Waals surface area contributed by atoms with Crippen molar-refractivity contribution in [3.05, 3.63) is 33.9 Å². The fourth-order valence-electron chi connectivity index (χ4n) is 1.32. The zero-order chi connectivity index (χ0) is 12.7. The molecule has 0 aliphatic heterocycles. The summed E-state index contributed by atoms with van der Waals surface area (Å²) in [6.45, 7) is 0.673. The highest BCUT2D eigenvalue weighted by Gasteiger charge is 2.13. The van der Waals surface area contributed by atoms with E-state index in [0.717, 1.165) is 6.42 Å². The average Bonchev–Trinajstić information content (AvgIpc) is 2.34. The second kappa shape index (κ2) is 6.14. The Hall–Kier alpha value is -2.53. The van der Waals surface area contributed by atoms with Gasteiger partial charge in [-0.2, -0.15) is 5.26 Å². The molecule has 0 unspecified atom stereocenters. The van der Waals surface area contributed by atoms with Crippen LogP contribution in [0, 0.1) is 33.8 Å². The van der Waals surface area contributed by atoms with Crippen molar-refractivity contribution >= 4 is 11.4 Å². The first kappa shape index (κ1) is 12.5. The minimum atomic E-state index is -0.569. The zero-order valence-electron chi connectivity index (χ0n) is 9.14. The molecule has 0 spiro atoms. The lowest BCUT2D eigenvalue weighted by Crippen LogP contribution is -2.02. The normalized spacial score (nSPS) is 9.06. The molecule has 0 fully saturated rings. The number of rotatable bonds is 5. The summed E-state index contributed by atoms with van der Waals surface area (Å²) in [6, 6.07) is 6.17. The Balaban J connectivity index is 2.74. The largest absolute Gasteiger partial charge is 0.385 e. The van der Waals surface area contributed by atoms with E-state index in [2.05, 4.69) is 11.2 Å². The highest BCUT2D eigenvalue weighted by molar-refractivity contribution is 5.58. The molecule has 0 aromatic heterocycles. The van der Waals surface area contributed by atoms with Crippen molar-refractivity contribution in [3.63, 3.8) is 0 Å². The van der Waals surface area contributed by atoms with Crippen LogP contribution >= 0.6 is 0 Å². The van der Waals surface area contributed by atoms with E-state index < -0.39 is 4.92 Å². The molecule has 5 nitrogen and oxygen atoms in total. The van der Waals surface area contributed by atoms with Gasteiger partial charge in [0.2, 0.25) is 0 Å². The molecule has 1 rings (SSSR count). The molecule has 1 aromatic rings. The number of nitrogens with zero attached hydrogens (tertiary/aromatic N) is 2. The Morgan fingerprint density at radius 2 is 2.29 bits per heavy atom. The van der Waals surface area contributed by atoms with Crippen molar-refractivity contribution < 1.29 is 4.92 Å². The number of terminal acetylenes is 1. The second-order valence-electron chi connectivity index (χ2n) is 3.34. The Labute approximate surface area is 99.2 Å². The molecule has 86 valence electrons. The summed E-state index contributed by atoms with van der Waals surface area (Å²) < 4.78 is 0. The second-order valence-corrected chi connectivity index (χ2v) is 3.34. The van der Waals surface area contributed by atoms with Gasteiger partial charge in [0, 0.05) is 24.7 Å². The number of nitro benzene ring substituents is 1. The first-order chi connectivity index (χ1) is 8.19. The van der Waals surface area contributed by atoms with Crippen molar-refractivity contribution in [3.8, 4) is 18.4 Å². The van der Waals surface area contributed by atoms with Crippen LogP contribution in [-0.4, -0.2) is 11.5 Å². The quantitative estimate of drug-likeness (QED) is 0.363. The molecule has 0 aliphatic rings. The third kappa shape index (κ3) is 3.51. The molecule has 0 aliphatic carbocycles. The van der Waals surface area contributed by atoms with Crippen LogP contribution in [0.15, 0.2) is 18.2 Å². The zero-order valence-corrected chi connectivity index (χ0v) is 9.14. The van der Waals surface area contributed by atoms with Crippen LogP contribution in [0.2, 0.25) is 0 Å². The lowest BCUT2D eigenvalue weighted by Gasteiger charge is -2.05. The summed E-state index contributed by atoms with van der Waals surface area (Å²) in [5, 5.41) is 22.4. The molecular weight excluding hydrogens is 218 g/mol. The minimum absolute atomic E-state index is 0.0527. The van der Waals surface area contributed by atoms with Gasteiger partial charge in [-0.25, -0.2) is 0 Å². The average molecular weight is 229 g/mol. The van der Waals surface area contributed by atoms with Gasteiger partial charge in [0.1, 0.15) is 11.6 Å². The van der Waals surface area contributed by atoms with Crippen molar-refractivity contribution in [1.82, 2.24) is 0 Å². The third-order valence-corrected chi connectivity index (χ3v) is 2.14. The third-order valence-electron chi connectivity index (χ3n) is 2.14. The number of anilines is 1. The van der Waals surface area contributed by atoms with E-state index >= 15 is 0 Å². The molecule has 0 saturated heterocycles. The predicted molar refractivity (Wildman–Crippen MR) is 64.4 cm³/mol. The van der Waals surface area contributed by atoms with Gasteiger partial charge in [0.05, 0.1) is 4.92 Å². The number of hydrogen-bond acceptors (Lipinski definition) is 4. The van der Waals surface area contributed by atoms with Gasteiger partial charge in [-0.05, 0) is 18.6 Å². The molecule has 5 heteroatoms. The van der Waals surface area contributed by atoms with E-state index in [1.165, 1.54) is 12.1 Å². The van der Waals surface area contributed by atoms with Crippen LogP contribution in [-0.2, 0) is 0 Å². The standard InChI is InChI=1S/C12H11N3O2/c1-2-3-4-7-14-11-5-6-12(15(16)17)10(8-11)9-13/h1,5-6,8,14H,3-4,7H2. The van der Waals surface area contributed by atoms with E-state index in [1.807, 2.05) is 0 Å². The highest BCUT2D eigenvalue weighted by atomic mass is 16.6. The number of benzene rings is 1. The van der Waals surface area contributed by atoms with Gasteiger partial charge in [-0.1, -0.05) is 0 Å². The molecule has 1 aromatic carbocycles. The van der Waals surface area contributed by atoms with E-state index in [-0.39, 0.29) is 11.3 Å². The maximum atomic E-state index is 10.6. The molecule has 17 heavy (non-hydrogen) atoms. The van der Waals surface area contributed by atoms with E-state index in [0.29, 0.717) is 18.7 Å². The van der Waals surface area contributed by atoms with Crippen LogP contribution in [0.1, 0.15) is 18.4 Å². The van der Waals surface area contributed by atoms with Crippen molar-refractivity contribution in [2.45, 2.75) is 12.8 Å². The molecule has 0 saturated carbocycles. The number of nitrogens with one attached hydrogen (secondary N) is 1. The molecule has 0 radical (unpaired) electrons. The Kier molecular flexibility index (Phi) is 4.53. The number of unbranched alkanes of at least 4 members (excludes halogenated alkanes) is 1. The van der Waals surface area contributed by atoms with Crippen LogP contribution in [0.4, 0.5) is 11.4 Å². The van der Waals surface area contributed by atoms with E-state index in [1.54, 1.807) is 12.1 Å². The van der Waals surface area contributed by atoms with Crippen molar-refractivity contribution in [1.29, 1.82) is 5.26 Å². The molecule has 0 atom stereocenters. The summed E-state index contributed by atoms with van der Waals surface area (Å²) in [5.41, 5.74) is 0.558. The lowest BCUT2D eigenvalue weighted by molar-refractivity contribution is -0.385. The topological polar surface area (TPSA) is 79.0 Å². The van der Waals surface area contributed by atoms with Crippen molar-refractivity contribution in [2.24, 2.45) is 0 Å². The summed E-state index contributed by atoms with van der Waals surface area (Å²) in [7, 11) is 0. The van der Waals surface area contributed by atoms with Crippen molar-refractivity contribution in [2.75, 3.05) is 11.9 Å². The fourth-order valence-corrected chi connectivity index (χ4v) is 1.32. The smallest absolute Gasteiger partial charge is 0.287 e. The predicted octanol–water partition coefficient (Wildman–Crippen LogP) is 2.29. The molecule has 0 amide bonds. The maximum Gasteiger partial charge on any atom is 0.287 e. The highest BCUT2D eigenvalue weighted by Crippen LogP contribution is 2.21. The van der Waals surface area contributed by atoms with Gasteiger partial charge < -0.3 is 5.32 Å².